The van der Waals surface area contributed by atoms with Crippen LogP contribution in [-0.2, 0) is 0 Å². The fourth-order valence-corrected chi connectivity index (χ4v) is 5.29. The zero-order valence-electron chi connectivity index (χ0n) is 26.4. The van der Waals surface area contributed by atoms with Gasteiger partial charge in [-0.2, -0.15) is 4.98 Å². The van der Waals surface area contributed by atoms with Crippen molar-refractivity contribution in [1.29, 1.82) is 0 Å². The Balaban J connectivity index is 1.32. The molecule has 10 heteroatoms. The molecule has 1 amide bonds. The molecule has 5 rings (SSSR count). The van der Waals surface area contributed by atoms with Crippen molar-refractivity contribution >= 4 is 23.4 Å². The second-order valence-electron chi connectivity index (χ2n) is 11.0. The second-order valence-corrected chi connectivity index (χ2v) is 11.0. The molecule has 1 fully saturated rings. The first-order valence-electron chi connectivity index (χ1n) is 15.3. The maximum absolute atomic E-state index is 13.0. The van der Waals surface area contributed by atoms with Crippen LogP contribution in [0.15, 0.2) is 66.7 Å². The second kappa shape index (κ2) is 15.3. The molecule has 0 aliphatic carbocycles. The number of anilines is 3. The highest BCUT2D eigenvalue weighted by Crippen LogP contribution is 2.31. The van der Waals surface area contributed by atoms with Crippen molar-refractivity contribution in [1.82, 2.24) is 14.9 Å². The Kier molecular flexibility index (Phi) is 10.7. The molecule has 45 heavy (non-hydrogen) atoms. The molecule has 4 aromatic rings. The Bertz CT molecular complexity index is 1610. The van der Waals surface area contributed by atoms with E-state index in [-0.39, 0.29) is 11.8 Å². The van der Waals surface area contributed by atoms with Crippen LogP contribution >= 0.6 is 0 Å². The van der Waals surface area contributed by atoms with E-state index < -0.39 is 6.09 Å². The monoisotopic (exact) mass is 611 g/mol. The lowest BCUT2D eigenvalue weighted by Gasteiger charge is -2.26. The standard InChI is InChI=1S/C35H41N5O5/c1-24-11-8-14-29(25(24)2)31-23-33(45-35(41)38-30-16-15-27(42-3)22-32(30)43-4)39-34(37-31)36-26-12-9-13-28(21-26)44-20-10-19-40-17-6-5-7-18-40/h8-9,11-16,21-23H,5-7,10,17-20H2,1-4H3,(H,38,41)(H,36,37,39). The first kappa shape index (κ1) is 31.6. The summed E-state index contributed by atoms with van der Waals surface area (Å²) < 4.78 is 22.4. The van der Waals surface area contributed by atoms with Gasteiger partial charge in [-0.15, -0.1) is 0 Å². The predicted octanol–water partition coefficient (Wildman–Crippen LogP) is 7.39. The molecule has 0 bridgehead atoms. The number of carbonyl (C=O) groups is 1. The molecule has 0 radical (unpaired) electrons. The van der Waals surface area contributed by atoms with Crippen LogP contribution in [0.25, 0.3) is 11.3 Å². The minimum absolute atomic E-state index is 0.0819. The zero-order valence-corrected chi connectivity index (χ0v) is 26.4. The molecule has 1 aromatic heterocycles. The van der Waals surface area contributed by atoms with E-state index in [9.17, 15) is 4.79 Å². The molecule has 236 valence electrons. The van der Waals surface area contributed by atoms with E-state index in [1.165, 1.54) is 39.5 Å². The number of ether oxygens (including phenoxy) is 4. The van der Waals surface area contributed by atoms with Crippen LogP contribution in [0.1, 0.15) is 36.8 Å². The van der Waals surface area contributed by atoms with Crippen molar-refractivity contribution in [3.63, 3.8) is 0 Å². The summed E-state index contributed by atoms with van der Waals surface area (Å²) in [7, 11) is 3.07. The van der Waals surface area contributed by atoms with Crippen molar-refractivity contribution < 1.29 is 23.7 Å². The van der Waals surface area contributed by atoms with Crippen LogP contribution in [0.4, 0.5) is 22.1 Å². The topological polar surface area (TPSA) is 107 Å². The van der Waals surface area contributed by atoms with Crippen LogP contribution in [0.5, 0.6) is 23.1 Å². The third-order valence-electron chi connectivity index (χ3n) is 7.85. The summed E-state index contributed by atoms with van der Waals surface area (Å²) in [6.45, 7) is 8.15. The van der Waals surface area contributed by atoms with Gasteiger partial charge in [0.2, 0.25) is 11.8 Å². The first-order valence-corrected chi connectivity index (χ1v) is 15.3. The molecule has 0 saturated carbocycles. The molecule has 1 aliphatic heterocycles. The van der Waals surface area contributed by atoms with E-state index in [4.69, 9.17) is 23.9 Å². The number of piperidine rings is 1. The third kappa shape index (κ3) is 8.63. The number of aromatic nitrogens is 2. The fourth-order valence-electron chi connectivity index (χ4n) is 5.29. The molecule has 0 atom stereocenters. The maximum Gasteiger partial charge on any atom is 0.418 e. The summed E-state index contributed by atoms with van der Waals surface area (Å²) >= 11 is 0. The van der Waals surface area contributed by atoms with E-state index in [0.29, 0.717) is 29.5 Å². The smallest absolute Gasteiger partial charge is 0.418 e. The van der Waals surface area contributed by atoms with Crippen LogP contribution in [0.3, 0.4) is 0 Å². The highest BCUT2D eigenvalue weighted by atomic mass is 16.6. The third-order valence-corrected chi connectivity index (χ3v) is 7.85. The lowest BCUT2D eigenvalue weighted by Crippen LogP contribution is -2.31. The molecule has 10 nitrogen and oxygen atoms in total. The predicted molar refractivity (Wildman–Crippen MR) is 176 cm³/mol. The summed E-state index contributed by atoms with van der Waals surface area (Å²) in [6.07, 6.45) is 4.16. The summed E-state index contributed by atoms with van der Waals surface area (Å²) in [5.74, 6) is 2.15. The van der Waals surface area contributed by atoms with Crippen LogP contribution in [0.2, 0.25) is 0 Å². The molecular formula is C35H41N5O5. The van der Waals surface area contributed by atoms with Gasteiger partial charge in [-0.05, 0) is 81.6 Å². The lowest BCUT2D eigenvalue weighted by molar-refractivity contribution is 0.205. The SMILES string of the molecule is COc1ccc(NC(=O)Oc2cc(-c3cccc(C)c3C)nc(Nc3cccc(OCCCN4CCCCC4)c3)n2)c(OC)c1. The first-order chi connectivity index (χ1) is 21.9. The van der Waals surface area contributed by atoms with Gasteiger partial charge < -0.3 is 29.2 Å². The zero-order chi connectivity index (χ0) is 31.6. The van der Waals surface area contributed by atoms with Gasteiger partial charge in [0.05, 0.1) is 32.2 Å². The van der Waals surface area contributed by atoms with Gasteiger partial charge in [0, 0.05) is 36.0 Å². The van der Waals surface area contributed by atoms with Crippen molar-refractivity contribution in [3.05, 3.63) is 77.9 Å². The Hall–Kier alpha value is -4.83. The van der Waals surface area contributed by atoms with Crippen molar-refractivity contribution in [2.45, 2.75) is 39.5 Å². The number of methoxy groups -OCH3 is 2. The Morgan fingerprint density at radius 1 is 0.889 bits per heavy atom. The van der Waals surface area contributed by atoms with Gasteiger partial charge in [-0.25, -0.2) is 9.78 Å². The molecule has 0 unspecified atom stereocenters. The van der Waals surface area contributed by atoms with Crippen molar-refractivity contribution in [2.24, 2.45) is 0 Å². The Morgan fingerprint density at radius 2 is 1.71 bits per heavy atom. The average molecular weight is 612 g/mol. The van der Waals surface area contributed by atoms with E-state index in [1.807, 2.05) is 56.3 Å². The van der Waals surface area contributed by atoms with Crippen molar-refractivity contribution in [2.75, 3.05) is 51.1 Å². The van der Waals surface area contributed by atoms with Crippen LogP contribution < -0.4 is 29.6 Å². The number of likely N-dealkylation sites (tertiary alicyclic amines) is 1. The summed E-state index contributed by atoms with van der Waals surface area (Å²) in [4.78, 5) is 24.8. The van der Waals surface area contributed by atoms with E-state index in [1.54, 1.807) is 31.4 Å². The minimum Gasteiger partial charge on any atom is -0.497 e. The number of carbonyl (C=O) groups excluding carboxylic acids is 1. The Labute approximate surface area is 264 Å². The van der Waals surface area contributed by atoms with Gasteiger partial charge in [0.15, 0.2) is 0 Å². The van der Waals surface area contributed by atoms with Gasteiger partial charge in [0.25, 0.3) is 0 Å². The minimum atomic E-state index is -0.727. The Morgan fingerprint density at radius 3 is 2.51 bits per heavy atom. The average Bonchev–Trinajstić information content (AvgIpc) is 3.05. The van der Waals surface area contributed by atoms with Gasteiger partial charge in [-0.3, -0.25) is 5.32 Å². The van der Waals surface area contributed by atoms with Gasteiger partial charge in [-0.1, -0.05) is 30.7 Å². The molecule has 1 aliphatic rings. The van der Waals surface area contributed by atoms with Gasteiger partial charge in [0.1, 0.15) is 17.2 Å². The summed E-state index contributed by atoms with van der Waals surface area (Å²) in [6, 6.07) is 20.4. The summed E-state index contributed by atoms with van der Waals surface area (Å²) in [5, 5.41) is 5.99. The van der Waals surface area contributed by atoms with Crippen LogP contribution in [0, 0.1) is 13.8 Å². The number of nitrogens with zero attached hydrogens (tertiary/aromatic N) is 3. The summed E-state index contributed by atoms with van der Waals surface area (Å²) in [5.41, 5.74) is 4.90. The molecule has 2 heterocycles. The highest BCUT2D eigenvalue weighted by molar-refractivity contribution is 5.88. The number of nitrogens with one attached hydrogen (secondary N) is 2. The van der Waals surface area contributed by atoms with Gasteiger partial charge >= 0.3 is 6.09 Å². The largest absolute Gasteiger partial charge is 0.497 e. The number of hydrogen-bond acceptors (Lipinski definition) is 9. The molecule has 2 N–H and O–H groups in total. The molecule has 3 aromatic carbocycles. The number of benzene rings is 3. The van der Waals surface area contributed by atoms with E-state index >= 15 is 0 Å². The number of hydrogen-bond donors (Lipinski definition) is 2. The van der Waals surface area contributed by atoms with E-state index in [2.05, 4.69) is 20.5 Å². The van der Waals surface area contributed by atoms with Crippen LogP contribution in [-0.4, -0.2) is 61.4 Å². The number of rotatable bonds is 12. The molecule has 0 spiro atoms. The highest BCUT2D eigenvalue weighted by Gasteiger charge is 2.16. The lowest BCUT2D eigenvalue weighted by atomic mass is 10.0. The van der Waals surface area contributed by atoms with E-state index in [0.717, 1.165) is 41.1 Å². The fraction of sp³-hybridized carbons (Fsp3) is 0.343. The number of amides is 1. The number of aryl methyl sites for hydroxylation is 1. The molecular weight excluding hydrogens is 570 g/mol. The van der Waals surface area contributed by atoms with Crippen molar-refractivity contribution in [3.8, 4) is 34.4 Å². The molecule has 1 saturated heterocycles. The normalized spacial score (nSPS) is 13.2. The quantitative estimate of drug-likeness (QED) is 0.159. The maximum atomic E-state index is 13.0.